The molecule has 0 bridgehead atoms. The van der Waals surface area contributed by atoms with Crippen LogP contribution in [0.1, 0.15) is 0 Å². The molecule has 0 spiro atoms. The van der Waals surface area contributed by atoms with Crippen LogP contribution in [0.15, 0.2) is 23.3 Å². The van der Waals surface area contributed by atoms with Gasteiger partial charge >= 0.3 is 80.1 Å². The van der Waals surface area contributed by atoms with Gasteiger partial charge in [-0.3, -0.25) is 0 Å². The van der Waals surface area contributed by atoms with Crippen LogP contribution < -0.4 is 0 Å². The van der Waals surface area contributed by atoms with Gasteiger partial charge in [-0.1, -0.05) is 0 Å². The van der Waals surface area contributed by atoms with Crippen LogP contribution in [-0.2, 0) is 6.15 Å². The minimum absolute atomic E-state index is 1.02. The zero-order valence-corrected chi connectivity index (χ0v) is 9.64. The Morgan fingerprint density at radius 2 is 1.70 bits per heavy atom. The zero-order chi connectivity index (χ0) is 7.07. The van der Waals surface area contributed by atoms with Gasteiger partial charge in [0.15, 0.2) is 0 Å². The van der Waals surface area contributed by atoms with E-state index in [0.29, 0.717) is 0 Å². The Morgan fingerprint density at radius 1 is 1.10 bits per heavy atom. The summed E-state index contributed by atoms with van der Waals surface area (Å²) >= 11 is 2.43. The van der Waals surface area contributed by atoms with E-state index in [1.54, 1.807) is 36.0 Å². The van der Waals surface area contributed by atoms with Crippen LogP contribution in [0.3, 0.4) is 0 Å². The van der Waals surface area contributed by atoms with Gasteiger partial charge in [0.05, 0.1) is 0 Å². The first-order valence-corrected chi connectivity index (χ1v) is 7.02. The Balaban J connectivity index is 2.22. The molecule has 0 saturated heterocycles. The third-order valence-electron chi connectivity index (χ3n) is 0.672. The second-order valence-corrected chi connectivity index (χ2v) is 5.29. The summed E-state index contributed by atoms with van der Waals surface area (Å²) in [4.78, 5) is 0. The summed E-state index contributed by atoms with van der Waals surface area (Å²) in [5, 5.41) is 4.93. The molecule has 0 aromatic rings. The third-order valence-corrected chi connectivity index (χ3v) is 3.69. The van der Waals surface area contributed by atoms with Crippen LogP contribution in [0, 0.1) is 0 Å². The number of rotatable bonds is 0. The first-order chi connectivity index (χ1) is 5.00. The van der Waals surface area contributed by atoms with Gasteiger partial charge in [-0.15, -0.1) is 0 Å². The Labute approximate surface area is 79.7 Å². The van der Waals surface area contributed by atoms with Crippen molar-refractivity contribution in [3.63, 3.8) is 0 Å². The first-order valence-electron chi connectivity index (χ1n) is 2.60. The summed E-state index contributed by atoms with van der Waals surface area (Å²) in [5.41, 5.74) is 0. The number of hydrogen-bond acceptors (Lipinski definition) is 4. The van der Waals surface area contributed by atoms with E-state index < -0.39 is 22.0 Å². The zero-order valence-electron chi connectivity index (χ0n) is 5.15. The van der Waals surface area contributed by atoms with E-state index in [1.807, 2.05) is 10.8 Å². The van der Waals surface area contributed by atoms with E-state index in [2.05, 4.69) is 0 Å². The van der Waals surface area contributed by atoms with Crippen molar-refractivity contribution in [2.45, 2.75) is 0 Å². The monoisotopic (exact) mass is 282 g/mol. The van der Waals surface area contributed by atoms with Crippen molar-refractivity contribution in [1.82, 2.24) is 0 Å². The first kappa shape index (κ1) is 8.67. The van der Waals surface area contributed by atoms with Crippen LogP contribution in [0.2, 0.25) is 0 Å². The fraction of sp³-hybridized carbons (Fsp3) is 0.200. The molecule has 0 aliphatic carbocycles. The summed E-state index contributed by atoms with van der Waals surface area (Å²) in [6.45, 7) is 0. The van der Waals surface area contributed by atoms with E-state index in [4.69, 9.17) is 6.15 Å². The van der Waals surface area contributed by atoms with E-state index in [1.165, 1.54) is 0 Å². The molecule has 0 saturated carbocycles. The van der Waals surface area contributed by atoms with Crippen molar-refractivity contribution in [1.29, 1.82) is 0 Å². The van der Waals surface area contributed by atoms with Gasteiger partial charge in [0.1, 0.15) is 0 Å². The van der Waals surface area contributed by atoms with Gasteiger partial charge < -0.3 is 0 Å². The molecular formula is C5H6O2S2Sn. The molecule has 0 fully saturated rings. The molecule has 1 heterocycles. The van der Waals surface area contributed by atoms with Gasteiger partial charge in [0.25, 0.3) is 0 Å². The fourth-order valence-electron chi connectivity index (χ4n) is 0.335. The van der Waals surface area contributed by atoms with Crippen molar-refractivity contribution in [3.8, 4) is 0 Å². The van der Waals surface area contributed by atoms with Gasteiger partial charge in [0.2, 0.25) is 0 Å². The predicted octanol–water partition coefficient (Wildman–Crippen LogP) is 1.93. The summed E-state index contributed by atoms with van der Waals surface area (Å²) in [5.74, 6) is 0. The maximum absolute atomic E-state index is 5.10. The van der Waals surface area contributed by atoms with Crippen LogP contribution in [0.25, 0.3) is 0 Å². The van der Waals surface area contributed by atoms with Crippen LogP contribution >= 0.6 is 23.5 Å². The quantitative estimate of drug-likeness (QED) is 0.631. The molecule has 10 heavy (non-hydrogen) atoms. The van der Waals surface area contributed by atoms with E-state index in [0.717, 1.165) is 5.08 Å². The average Bonchev–Trinajstić information content (AvgIpc) is 2.01. The minimum atomic E-state index is -1.03. The maximum atomic E-state index is 5.10. The second-order valence-electron chi connectivity index (χ2n) is 1.31. The topological polar surface area (TPSA) is 18.5 Å². The summed E-state index contributed by atoms with van der Waals surface area (Å²) in [6.07, 6.45) is 3.44. The molecule has 0 amide bonds. The van der Waals surface area contributed by atoms with Crippen LogP contribution in [-0.4, -0.2) is 27.1 Å². The molecule has 0 aromatic heterocycles. The predicted molar refractivity (Wildman–Crippen MR) is 46.3 cm³/mol. The summed E-state index contributed by atoms with van der Waals surface area (Å²) in [6, 6.07) is 0. The van der Waals surface area contributed by atoms with Crippen LogP contribution in [0.4, 0.5) is 0 Å². The van der Waals surface area contributed by atoms with Crippen molar-refractivity contribution in [2.75, 3.05) is 5.08 Å². The Hall–Kier alpha value is 0.579. The summed E-state index contributed by atoms with van der Waals surface area (Å²) in [7, 11) is 0. The summed E-state index contributed by atoms with van der Waals surface area (Å²) < 4.78 is 10.2. The molecular weight excluding hydrogens is 275 g/mol. The van der Waals surface area contributed by atoms with Crippen molar-refractivity contribution >= 4 is 45.5 Å². The van der Waals surface area contributed by atoms with Crippen LogP contribution in [0.5, 0.6) is 0 Å². The number of thioether (sulfide) groups is 2. The second kappa shape index (κ2) is 6.30. The van der Waals surface area contributed by atoms with Crippen molar-refractivity contribution in [2.24, 2.45) is 0 Å². The normalized spacial score (nSPS) is 25.6. The van der Waals surface area contributed by atoms with E-state index in [9.17, 15) is 0 Å². The van der Waals surface area contributed by atoms with Crippen molar-refractivity contribution < 1.29 is 6.15 Å². The molecule has 0 aromatic carbocycles. The molecule has 0 unspecified atom stereocenters. The van der Waals surface area contributed by atoms with Gasteiger partial charge in [-0.2, -0.15) is 0 Å². The molecule has 1 aliphatic heterocycles. The Bertz CT molecular complexity index is 110. The number of hydrogen-bond donors (Lipinski definition) is 0. The molecule has 2 radical (unpaired) electrons. The molecule has 0 atom stereocenters. The standard InChI is InChI=1S/C5H8O2S2.Sn/c6-1-3-8-5-9-4-2-7;/h1-4,6-7H,5H2;/q;+2/p-2/b3-1-,4-2-;. The van der Waals surface area contributed by atoms with E-state index in [-0.39, 0.29) is 0 Å². The SMILES string of the molecule is C1=C\SCS/C=C\[O][Sn][O]/1. The van der Waals surface area contributed by atoms with Gasteiger partial charge in [0, 0.05) is 0 Å². The molecule has 5 heteroatoms. The third kappa shape index (κ3) is 4.40. The molecule has 54 valence electrons. The Morgan fingerprint density at radius 3 is 2.30 bits per heavy atom. The fourth-order valence-corrected chi connectivity index (χ4v) is 2.97. The molecule has 0 N–H and O–H groups in total. The Kier molecular flexibility index (Phi) is 5.46. The average molecular weight is 281 g/mol. The van der Waals surface area contributed by atoms with Gasteiger partial charge in [-0.25, -0.2) is 0 Å². The van der Waals surface area contributed by atoms with Crippen molar-refractivity contribution in [3.05, 3.63) is 23.3 Å². The molecule has 2 nitrogen and oxygen atoms in total. The molecule has 1 rings (SSSR count). The van der Waals surface area contributed by atoms with Gasteiger partial charge in [-0.05, 0) is 0 Å². The molecule has 1 aliphatic rings. The van der Waals surface area contributed by atoms with E-state index >= 15 is 0 Å².